The molecule has 0 aliphatic carbocycles. The maximum atomic E-state index is 13.3. The van der Waals surface area contributed by atoms with Crippen molar-refractivity contribution in [2.75, 3.05) is 51.0 Å². The van der Waals surface area contributed by atoms with Gasteiger partial charge in [0.1, 0.15) is 5.69 Å². The van der Waals surface area contributed by atoms with Gasteiger partial charge in [-0.25, -0.2) is 4.79 Å². The lowest BCUT2D eigenvalue weighted by molar-refractivity contribution is 0.201. The van der Waals surface area contributed by atoms with Crippen molar-refractivity contribution >= 4 is 13.3 Å². The van der Waals surface area contributed by atoms with Crippen LogP contribution in [0.4, 0.5) is 5.69 Å². The summed E-state index contributed by atoms with van der Waals surface area (Å²) >= 11 is 0. The van der Waals surface area contributed by atoms with Crippen LogP contribution in [-0.2, 0) is 13.6 Å². The third-order valence-electron chi connectivity index (χ3n) is 8.45. The van der Waals surface area contributed by atoms with Crippen molar-refractivity contribution < 1.29 is 23.8 Å². The first-order valence-corrected chi connectivity index (χ1v) is 19.1. The zero-order valence-electron chi connectivity index (χ0n) is 27.2. The average Bonchev–Trinajstić information content (AvgIpc) is 3.41. The number of fused-ring (bicyclic) bond motifs is 1. The third-order valence-corrected chi connectivity index (χ3v) is 10.5. The molecule has 0 saturated carbocycles. The number of aromatic amines is 2. The minimum Gasteiger partial charge on any atom is -0.396 e. The fraction of sp³-hybridized carbons (Fsp3) is 0.875. The molecule has 1 aliphatic heterocycles. The molecule has 0 fully saturated rings. The minimum atomic E-state index is -3.26. The van der Waals surface area contributed by atoms with Gasteiger partial charge in [-0.3, -0.25) is 14.3 Å². The Balaban J connectivity index is 1.49. The highest BCUT2D eigenvalue weighted by molar-refractivity contribution is 7.53. The van der Waals surface area contributed by atoms with Crippen molar-refractivity contribution in [1.82, 2.24) is 15.3 Å². The summed E-state index contributed by atoms with van der Waals surface area (Å²) in [5.74, 6) is -0.122. The van der Waals surface area contributed by atoms with Gasteiger partial charge in [0, 0.05) is 31.7 Å². The van der Waals surface area contributed by atoms with Gasteiger partial charge < -0.3 is 34.9 Å². The summed E-state index contributed by atoms with van der Waals surface area (Å²) in [6.07, 6.45) is 21.6. The molecule has 0 radical (unpaired) electrons. The number of hydrogen-bond donors (Lipinski definition) is 6. The van der Waals surface area contributed by atoms with Gasteiger partial charge in [0.05, 0.1) is 31.7 Å². The lowest BCUT2D eigenvalue weighted by Crippen LogP contribution is -2.37. The number of anilines is 1. The largest absolute Gasteiger partial charge is 0.396 e. The minimum absolute atomic E-state index is 0.122. The van der Waals surface area contributed by atoms with E-state index in [0.29, 0.717) is 50.7 Å². The number of aliphatic hydroxyl groups excluding tert-OH is 2. The molecular formula is C32H61N4O7P. The average molecular weight is 645 g/mol. The number of nitrogens with one attached hydrogen (secondary N) is 4. The molecule has 6 N–H and O–H groups in total. The van der Waals surface area contributed by atoms with E-state index in [1.54, 1.807) is 6.92 Å². The smallest absolute Gasteiger partial charge is 0.330 e. The first kappa shape index (κ1) is 38.7. The van der Waals surface area contributed by atoms with E-state index in [-0.39, 0.29) is 24.7 Å². The highest BCUT2D eigenvalue weighted by Gasteiger charge is 2.28. The molecule has 1 aromatic rings. The van der Waals surface area contributed by atoms with Crippen LogP contribution in [0.2, 0.25) is 0 Å². The third kappa shape index (κ3) is 16.2. The first-order valence-electron chi connectivity index (χ1n) is 17.4. The Labute approximate surface area is 264 Å². The maximum absolute atomic E-state index is 13.3. The Morgan fingerprint density at radius 3 is 1.89 bits per heavy atom. The predicted octanol–water partition coefficient (Wildman–Crippen LogP) is 5.78. The highest BCUT2D eigenvalue weighted by atomic mass is 31.2. The normalized spacial score (nSPS) is 16.5. The molecule has 0 aromatic carbocycles. The Kier molecular flexibility index (Phi) is 20.9. The van der Waals surface area contributed by atoms with Crippen molar-refractivity contribution in [2.45, 2.75) is 134 Å². The molecule has 2 unspecified atom stereocenters. The summed E-state index contributed by atoms with van der Waals surface area (Å²) in [7, 11) is -3.26. The summed E-state index contributed by atoms with van der Waals surface area (Å²) in [5, 5.41) is 25.0. The lowest BCUT2D eigenvalue weighted by Gasteiger charge is -2.22. The van der Waals surface area contributed by atoms with E-state index < -0.39 is 18.8 Å². The molecule has 2 rings (SSSR count). The second kappa shape index (κ2) is 23.8. The van der Waals surface area contributed by atoms with Crippen LogP contribution in [0.15, 0.2) is 9.59 Å². The topological polar surface area (TPSA) is 166 Å². The van der Waals surface area contributed by atoms with Crippen LogP contribution < -0.4 is 21.9 Å². The maximum Gasteiger partial charge on any atom is 0.330 e. The molecule has 1 aliphatic rings. The van der Waals surface area contributed by atoms with E-state index in [2.05, 4.69) is 20.6 Å². The van der Waals surface area contributed by atoms with E-state index in [1.165, 1.54) is 83.5 Å². The van der Waals surface area contributed by atoms with Crippen molar-refractivity contribution in [3.63, 3.8) is 0 Å². The molecule has 12 heteroatoms. The van der Waals surface area contributed by atoms with Gasteiger partial charge in [0.25, 0.3) is 5.56 Å². The fourth-order valence-electron chi connectivity index (χ4n) is 5.80. The standard InChI is InChI=1S/C32H61N4O7P/c1-2-42-44(41,23-20-28(26-38)33-24-27-25-34-30-29(27)35-32(40)36-31(30)39)43-22-19-17-15-13-11-9-7-5-3-4-6-8-10-12-14-16-18-21-37/h27-28,33-34,37-38H,2-26H2,1H3,(H2,35,36,39,40)/t27?,28-,44?/m0/s1. The Bertz CT molecular complexity index is 1030. The Morgan fingerprint density at radius 1 is 0.818 bits per heavy atom. The van der Waals surface area contributed by atoms with Crippen molar-refractivity contribution in [3.05, 3.63) is 26.5 Å². The van der Waals surface area contributed by atoms with E-state index in [4.69, 9.17) is 14.2 Å². The first-order chi connectivity index (χ1) is 21.4. The molecule has 0 spiro atoms. The summed E-state index contributed by atoms with van der Waals surface area (Å²) in [6.45, 7) is 3.64. The molecule has 44 heavy (non-hydrogen) atoms. The molecule has 0 saturated heterocycles. The number of aromatic nitrogens is 2. The van der Waals surface area contributed by atoms with Gasteiger partial charge in [-0.05, 0) is 26.2 Å². The van der Waals surface area contributed by atoms with Gasteiger partial charge in [0.15, 0.2) is 0 Å². The van der Waals surface area contributed by atoms with Crippen molar-refractivity contribution in [2.24, 2.45) is 0 Å². The van der Waals surface area contributed by atoms with Gasteiger partial charge >= 0.3 is 13.3 Å². The molecular weight excluding hydrogens is 583 g/mol. The second-order valence-electron chi connectivity index (χ2n) is 12.2. The molecule has 2 heterocycles. The van der Waals surface area contributed by atoms with Crippen LogP contribution in [0, 0.1) is 0 Å². The number of rotatable bonds is 29. The molecule has 1 aromatic heterocycles. The van der Waals surface area contributed by atoms with Gasteiger partial charge in [-0.1, -0.05) is 96.3 Å². The van der Waals surface area contributed by atoms with Gasteiger partial charge in [0.2, 0.25) is 0 Å². The zero-order chi connectivity index (χ0) is 31.9. The molecule has 11 nitrogen and oxygen atoms in total. The van der Waals surface area contributed by atoms with Gasteiger partial charge in [-0.2, -0.15) is 0 Å². The number of H-pyrrole nitrogens is 2. The van der Waals surface area contributed by atoms with Crippen LogP contribution in [0.25, 0.3) is 0 Å². The number of aliphatic hydroxyl groups is 2. The zero-order valence-corrected chi connectivity index (χ0v) is 28.1. The van der Waals surface area contributed by atoms with Crippen LogP contribution >= 0.6 is 7.60 Å². The van der Waals surface area contributed by atoms with Gasteiger partial charge in [-0.15, -0.1) is 0 Å². The monoisotopic (exact) mass is 644 g/mol. The molecule has 0 amide bonds. The second-order valence-corrected chi connectivity index (χ2v) is 14.4. The number of unbranched alkanes of at least 4 members (excludes halogenated alkanes) is 16. The van der Waals surface area contributed by atoms with Crippen LogP contribution in [-0.4, -0.2) is 71.9 Å². The molecule has 3 atom stereocenters. The Hall–Kier alpha value is -1.49. The van der Waals surface area contributed by atoms with Crippen LogP contribution in [0.5, 0.6) is 0 Å². The molecule has 0 bridgehead atoms. The predicted molar refractivity (Wildman–Crippen MR) is 178 cm³/mol. The Morgan fingerprint density at radius 2 is 1.36 bits per heavy atom. The van der Waals surface area contributed by atoms with E-state index >= 15 is 0 Å². The summed E-state index contributed by atoms with van der Waals surface area (Å²) in [4.78, 5) is 28.5. The number of hydrogen-bond acceptors (Lipinski definition) is 9. The molecule has 256 valence electrons. The summed E-state index contributed by atoms with van der Waals surface area (Å²) < 4.78 is 24.6. The van der Waals surface area contributed by atoms with Crippen LogP contribution in [0.1, 0.15) is 134 Å². The van der Waals surface area contributed by atoms with E-state index in [1.807, 2.05) is 0 Å². The van der Waals surface area contributed by atoms with Crippen LogP contribution in [0.3, 0.4) is 0 Å². The van der Waals surface area contributed by atoms with Crippen molar-refractivity contribution in [1.29, 1.82) is 0 Å². The van der Waals surface area contributed by atoms with E-state index in [0.717, 1.165) is 25.7 Å². The van der Waals surface area contributed by atoms with Crippen molar-refractivity contribution in [3.8, 4) is 0 Å². The lowest BCUT2D eigenvalue weighted by atomic mass is 10.0. The fourth-order valence-corrected chi connectivity index (χ4v) is 7.56. The highest BCUT2D eigenvalue weighted by Crippen LogP contribution is 2.49. The summed E-state index contributed by atoms with van der Waals surface area (Å²) in [6, 6.07) is -0.316. The van der Waals surface area contributed by atoms with E-state index in [9.17, 15) is 19.3 Å². The SMILES string of the molecule is CCOP(=O)(CC[C@@H](CO)NCC1CNc2c1[nH]c(=O)[nH]c2=O)OCCCCCCCCCCCCCCCCCCCO. The quantitative estimate of drug-likeness (QED) is 0.0468. The summed E-state index contributed by atoms with van der Waals surface area (Å²) in [5.41, 5.74) is -0.0437.